The largest absolute Gasteiger partial charge is 0.392 e. The van der Waals surface area contributed by atoms with Gasteiger partial charge in [-0.15, -0.1) is 0 Å². The van der Waals surface area contributed by atoms with Crippen LogP contribution in [-0.4, -0.2) is 47.1 Å². The average molecular weight is 291 g/mol. The molecule has 1 aliphatic carbocycles. The molecule has 20 heavy (non-hydrogen) atoms. The molecule has 0 bridgehead atoms. The van der Waals surface area contributed by atoms with E-state index in [1.807, 2.05) is 17.2 Å². The van der Waals surface area contributed by atoms with Crippen molar-refractivity contribution >= 4 is 17.7 Å². The minimum absolute atomic E-state index is 0.118. The fourth-order valence-corrected chi connectivity index (χ4v) is 4.17. The van der Waals surface area contributed by atoms with Gasteiger partial charge >= 0.3 is 0 Å². The zero-order valence-corrected chi connectivity index (χ0v) is 12.7. The number of piperidine rings is 1. The van der Waals surface area contributed by atoms with Crippen LogP contribution in [0, 0.1) is 0 Å². The summed E-state index contributed by atoms with van der Waals surface area (Å²) >= 11 is 1.58. The Labute approximate surface area is 124 Å². The van der Waals surface area contributed by atoms with Crippen molar-refractivity contribution in [3.8, 4) is 0 Å². The van der Waals surface area contributed by atoms with Crippen LogP contribution in [0.4, 0.5) is 0 Å². The first-order valence-corrected chi connectivity index (χ1v) is 8.60. The van der Waals surface area contributed by atoms with E-state index in [1.54, 1.807) is 11.8 Å². The zero-order valence-electron chi connectivity index (χ0n) is 11.8. The number of thioether (sulfide) groups is 1. The maximum Gasteiger partial charge on any atom is 0.232 e. The Morgan fingerprint density at radius 3 is 2.80 bits per heavy atom. The van der Waals surface area contributed by atoms with Crippen molar-refractivity contribution in [3.63, 3.8) is 0 Å². The van der Waals surface area contributed by atoms with Crippen LogP contribution in [0.15, 0.2) is 24.3 Å². The van der Waals surface area contributed by atoms with E-state index in [0.717, 1.165) is 32.4 Å². The molecule has 4 heteroatoms. The zero-order chi connectivity index (χ0) is 14.2. The molecule has 3 nitrogen and oxygen atoms in total. The minimum atomic E-state index is -0.294. The van der Waals surface area contributed by atoms with E-state index < -0.39 is 0 Å². The second kappa shape index (κ2) is 5.41. The highest BCUT2D eigenvalue weighted by atomic mass is 32.2. The van der Waals surface area contributed by atoms with E-state index in [0.29, 0.717) is 5.75 Å². The lowest BCUT2D eigenvalue weighted by Crippen LogP contribution is -2.49. The number of rotatable bonds is 2. The van der Waals surface area contributed by atoms with Crippen molar-refractivity contribution in [2.24, 2.45) is 0 Å². The number of aliphatic hydroxyl groups is 1. The molecule has 1 atom stereocenters. The Hall–Kier alpha value is -1.00. The molecule has 1 spiro atoms. The molecule has 1 aliphatic heterocycles. The minimum Gasteiger partial charge on any atom is -0.392 e. The fourth-order valence-electron chi connectivity index (χ4n) is 3.74. The third kappa shape index (κ3) is 2.15. The van der Waals surface area contributed by atoms with Gasteiger partial charge in [0, 0.05) is 18.5 Å². The second-order valence-electron chi connectivity index (χ2n) is 5.85. The van der Waals surface area contributed by atoms with Crippen LogP contribution in [0.3, 0.4) is 0 Å². The highest BCUT2D eigenvalue weighted by Gasteiger charge is 2.47. The van der Waals surface area contributed by atoms with Gasteiger partial charge in [-0.1, -0.05) is 24.3 Å². The molecule has 0 saturated carbocycles. The molecule has 1 saturated heterocycles. The Morgan fingerprint density at radius 1 is 1.40 bits per heavy atom. The number of aliphatic hydroxyl groups excluding tert-OH is 1. The third-order valence-corrected chi connectivity index (χ3v) is 5.42. The summed E-state index contributed by atoms with van der Waals surface area (Å²) in [4.78, 5) is 13.9. The van der Waals surface area contributed by atoms with Gasteiger partial charge in [-0.05, 0) is 36.6 Å². The molecule has 0 radical (unpaired) electrons. The summed E-state index contributed by atoms with van der Waals surface area (Å²) in [5.74, 6) is 0.791. The van der Waals surface area contributed by atoms with E-state index in [-0.39, 0.29) is 17.4 Å². The van der Waals surface area contributed by atoms with Crippen LogP contribution in [0.25, 0.3) is 0 Å². The van der Waals surface area contributed by atoms with Gasteiger partial charge in [-0.3, -0.25) is 4.79 Å². The molecule has 0 aromatic heterocycles. The smallest absolute Gasteiger partial charge is 0.232 e. The molecule has 1 fully saturated rings. The Bertz CT molecular complexity index is 509. The van der Waals surface area contributed by atoms with Gasteiger partial charge < -0.3 is 10.0 Å². The number of carbonyl (C=O) groups is 1. The lowest BCUT2D eigenvalue weighted by Gasteiger charge is -2.42. The van der Waals surface area contributed by atoms with Gasteiger partial charge in [0.1, 0.15) is 0 Å². The normalized spacial score (nSPS) is 23.9. The first-order valence-electron chi connectivity index (χ1n) is 7.20. The number of likely N-dealkylation sites (tertiary alicyclic amines) is 1. The number of fused-ring (bicyclic) bond motifs is 2. The molecule has 0 unspecified atom stereocenters. The maximum absolute atomic E-state index is 12.0. The van der Waals surface area contributed by atoms with E-state index in [1.165, 1.54) is 11.1 Å². The van der Waals surface area contributed by atoms with Gasteiger partial charge in [-0.25, -0.2) is 0 Å². The SMILES string of the molecule is CSCC(=O)N1CCC2(CC1)c1ccccc1C[C@H]2O. The number of amides is 1. The Kier molecular flexibility index (Phi) is 3.78. The number of benzene rings is 1. The van der Waals surface area contributed by atoms with E-state index in [9.17, 15) is 9.90 Å². The summed E-state index contributed by atoms with van der Waals surface area (Å²) in [6.07, 6.45) is 4.18. The van der Waals surface area contributed by atoms with Crippen molar-refractivity contribution in [3.05, 3.63) is 35.4 Å². The van der Waals surface area contributed by atoms with Gasteiger partial charge in [0.15, 0.2) is 0 Å². The summed E-state index contributed by atoms with van der Waals surface area (Å²) in [5.41, 5.74) is 2.47. The van der Waals surface area contributed by atoms with Gasteiger partial charge in [0.05, 0.1) is 11.9 Å². The van der Waals surface area contributed by atoms with Crippen molar-refractivity contribution in [2.45, 2.75) is 30.8 Å². The topological polar surface area (TPSA) is 40.5 Å². The lowest BCUT2D eigenvalue weighted by atomic mass is 9.72. The van der Waals surface area contributed by atoms with E-state index in [2.05, 4.69) is 18.2 Å². The summed E-state index contributed by atoms with van der Waals surface area (Å²) < 4.78 is 0. The molecule has 1 amide bonds. The Balaban J connectivity index is 1.78. The first-order chi connectivity index (χ1) is 9.67. The summed E-state index contributed by atoms with van der Waals surface area (Å²) in [7, 11) is 0. The average Bonchev–Trinajstić information content (AvgIpc) is 2.73. The van der Waals surface area contributed by atoms with Crippen molar-refractivity contribution in [1.82, 2.24) is 4.90 Å². The quantitative estimate of drug-likeness (QED) is 0.904. The molecule has 3 rings (SSSR count). The van der Waals surface area contributed by atoms with Gasteiger partial charge in [0.2, 0.25) is 5.91 Å². The predicted octanol–water partition coefficient (Wildman–Crippen LogP) is 1.83. The maximum atomic E-state index is 12.0. The summed E-state index contributed by atoms with van der Waals surface area (Å²) in [6.45, 7) is 1.54. The van der Waals surface area contributed by atoms with Crippen molar-refractivity contribution in [1.29, 1.82) is 0 Å². The molecule has 1 N–H and O–H groups in total. The van der Waals surface area contributed by atoms with Crippen LogP contribution in [-0.2, 0) is 16.6 Å². The molecule has 1 aromatic rings. The monoisotopic (exact) mass is 291 g/mol. The second-order valence-corrected chi connectivity index (χ2v) is 6.71. The van der Waals surface area contributed by atoms with Crippen molar-refractivity contribution in [2.75, 3.05) is 25.1 Å². The fraction of sp³-hybridized carbons (Fsp3) is 0.562. The summed E-state index contributed by atoms with van der Waals surface area (Å²) in [6, 6.07) is 8.38. The Morgan fingerprint density at radius 2 is 2.10 bits per heavy atom. The molecular weight excluding hydrogens is 270 g/mol. The van der Waals surface area contributed by atoms with E-state index in [4.69, 9.17) is 0 Å². The van der Waals surface area contributed by atoms with E-state index >= 15 is 0 Å². The molecule has 108 valence electrons. The molecule has 1 heterocycles. The van der Waals surface area contributed by atoms with Crippen LogP contribution in [0.1, 0.15) is 24.0 Å². The van der Waals surface area contributed by atoms with Crippen LogP contribution >= 0.6 is 11.8 Å². The number of hydrogen-bond donors (Lipinski definition) is 1. The molecule has 2 aliphatic rings. The molecular formula is C16H21NO2S. The highest BCUT2D eigenvalue weighted by molar-refractivity contribution is 7.99. The van der Waals surface area contributed by atoms with Crippen LogP contribution in [0.5, 0.6) is 0 Å². The first kappa shape index (κ1) is 14.0. The summed E-state index contributed by atoms with van der Waals surface area (Å²) in [5, 5.41) is 10.5. The van der Waals surface area contributed by atoms with Gasteiger partial charge in [-0.2, -0.15) is 11.8 Å². The predicted molar refractivity (Wildman–Crippen MR) is 82.0 cm³/mol. The van der Waals surface area contributed by atoms with Crippen LogP contribution in [0.2, 0.25) is 0 Å². The highest BCUT2D eigenvalue weighted by Crippen LogP contribution is 2.46. The number of carbonyl (C=O) groups excluding carboxylic acids is 1. The van der Waals surface area contributed by atoms with Crippen LogP contribution < -0.4 is 0 Å². The van der Waals surface area contributed by atoms with Crippen molar-refractivity contribution < 1.29 is 9.90 Å². The lowest BCUT2D eigenvalue weighted by molar-refractivity contribution is -0.130. The third-order valence-electron chi connectivity index (χ3n) is 4.88. The number of nitrogens with zero attached hydrogens (tertiary/aromatic N) is 1. The molecule has 1 aromatic carbocycles. The number of hydrogen-bond acceptors (Lipinski definition) is 3. The van der Waals surface area contributed by atoms with Gasteiger partial charge in [0.25, 0.3) is 0 Å². The standard InChI is InChI=1S/C16H21NO2S/c1-20-11-15(19)17-8-6-16(7-9-17)13-5-3-2-4-12(13)10-14(16)18/h2-5,14,18H,6-11H2,1H3/t14-/m1/s1.